The Balaban J connectivity index is 2.41. The van der Waals surface area contributed by atoms with Crippen molar-refractivity contribution in [2.75, 3.05) is 11.4 Å². The highest BCUT2D eigenvalue weighted by Gasteiger charge is 2.12. The van der Waals surface area contributed by atoms with Crippen molar-refractivity contribution in [3.8, 4) is 0 Å². The molecule has 18 heavy (non-hydrogen) atoms. The van der Waals surface area contributed by atoms with Crippen molar-refractivity contribution in [3.63, 3.8) is 0 Å². The van der Waals surface area contributed by atoms with Gasteiger partial charge in [0.25, 0.3) is 0 Å². The molecule has 1 aromatic carbocycles. The van der Waals surface area contributed by atoms with Crippen molar-refractivity contribution >= 4 is 39.0 Å². The second-order valence-corrected chi connectivity index (χ2v) is 5.33. The highest BCUT2D eigenvalue weighted by molar-refractivity contribution is 9.10. The third kappa shape index (κ3) is 2.85. The third-order valence-electron chi connectivity index (χ3n) is 2.71. The van der Waals surface area contributed by atoms with Crippen molar-refractivity contribution in [2.45, 2.75) is 13.8 Å². The molecule has 0 unspecified atom stereocenters. The molecular weight excluding hydrogens is 312 g/mol. The Morgan fingerprint density at radius 3 is 2.50 bits per heavy atom. The summed E-state index contributed by atoms with van der Waals surface area (Å²) in [6.45, 7) is 5.02. The van der Waals surface area contributed by atoms with Crippen molar-refractivity contribution in [1.82, 2.24) is 4.98 Å². The number of anilines is 2. The number of benzene rings is 1. The van der Waals surface area contributed by atoms with Crippen LogP contribution in [-0.4, -0.2) is 11.5 Å². The minimum atomic E-state index is 0.630. The van der Waals surface area contributed by atoms with Gasteiger partial charge in [-0.3, -0.25) is 0 Å². The van der Waals surface area contributed by atoms with E-state index < -0.39 is 0 Å². The normalized spacial score (nSPS) is 10.4. The molecule has 1 aromatic heterocycles. The van der Waals surface area contributed by atoms with Gasteiger partial charge in [0, 0.05) is 18.4 Å². The Kier molecular flexibility index (Phi) is 4.25. The first-order valence-electron chi connectivity index (χ1n) is 5.77. The lowest BCUT2D eigenvalue weighted by atomic mass is 10.2. The summed E-state index contributed by atoms with van der Waals surface area (Å²) in [6.07, 6.45) is 1.67. The Hall–Kier alpha value is -1.06. The molecule has 94 valence electrons. The first-order chi connectivity index (χ1) is 8.61. The second-order valence-electron chi connectivity index (χ2n) is 4.04. The van der Waals surface area contributed by atoms with Crippen LogP contribution in [0.25, 0.3) is 0 Å². The number of aryl methyl sites for hydroxylation is 1. The number of pyridine rings is 1. The van der Waals surface area contributed by atoms with Gasteiger partial charge >= 0.3 is 0 Å². The molecule has 0 amide bonds. The zero-order valence-corrected chi connectivity index (χ0v) is 12.7. The highest BCUT2D eigenvalue weighted by atomic mass is 79.9. The van der Waals surface area contributed by atoms with E-state index >= 15 is 0 Å². The van der Waals surface area contributed by atoms with E-state index in [-0.39, 0.29) is 0 Å². The molecule has 0 bridgehead atoms. The van der Waals surface area contributed by atoms with Gasteiger partial charge in [0.1, 0.15) is 5.82 Å². The monoisotopic (exact) mass is 324 g/mol. The number of rotatable bonds is 3. The minimum Gasteiger partial charge on any atom is -0.326 e. The quantitative estimate of drug-likeness (QED) is 0.792. The van der Waals surface area contributed by atoms with E-state index in [0.717, 1.165) is 22.5 Å². The Bertz CT molecular complexity index is 540. The third-order valence-corrected chi connectivity index (χ3v) is 3.50. The van der Waals surface area contributed by atoms with Crippen LogP contribution in [-0.2, 0) is 0 Å². The molecule has 0 saturated heterocycles. The van der Waals surface area contributed by atoms with Gasteiger partial charge in [0.15, 0.2) is 0 Å². The maximum Gasteiger partial charge on any atom is 0.147 e. The summed E-state index contributed by atoms with van der Waals surface area (Å²) >= 11 is 9.43. The fourth-order valence-electron chi connectivity index (χ4n) is 1.79. The van der Waals surface area contributed by atoms with Crippen molar-refractivity contribution in [3.05, 3.63) is 51.6 Å². The summed E-state index contributed by atoms with van der Waals surface area (Å²) in [5.74, 6) is 0.880. The van der Waals surface area contributed by atoms with Crippen LogP contribution >= 0.6 is 27.5 Å². The molecule has 0 aliphatic heterocycles. The van der Waals surface area contributed by atoms with Crippen molar-refractivity contribution < 1.29 is 0 Å². The summed E-state index contributed by atoms with van der Waals surface area (Å²) in [7, 11) is 0. The predicted octanol–water partition coefficient (Wildman–Crippen LogP) is 4.96. The van der Waals surface area contributed by atoms with Gasteiger partial charge in [0.05, 0.1) is 9.50 Å². The van der Waals surface area contributed by atoms with E-state index in [1.807, 2.05) is 6.07 Å². The average molecular weight is 326 g/mol. The highest BCUT2D eigenvalue weighted by Crippen LogP contribution is 2.31. The van der Waals surface area contributed by atoms with Gasteiger partial charge in [-0.25, -0.2) is 4.98 Å². The van der Waals surface area contributed by atoms with Crippen molar-refractivity contribution in [2.24, 2.45) is 0 Å². The zero-order valence-electron chi connectivity index (χ0n) is 10.3. The topological polar surface area (TPSA) is 16.1 Å². The number of hydrogen-bond acceptors (Lipinski definition) is 2. The molecule has 0 N–H and O–H groups in total. The first-order valence-corrected chi connectivity index (χ1v) is 6.94. The van der Waals surface area contributed by atoms with Crippen LogP contribution in [0.1, 0.15) is 12.5 Å². The summed E-state index contributed by atoms with van der Waals surface area (Å²) in [4.78, 5) is 6.53. The number of halogens is 2. The fraction of sp³-hybridized carbons (Fsp3) is 0.214. The second kappa shape index (κ2) is 5.72. The molecule has 0 aliphatic rings. The Labute approximate surface area is 121 Å². The summed E-state index contributed by atoms with van der Waals surface area (Å²) in [5, 5.41) is 0.630. The lowest BCUT2D eigenvalue weighted by Crippen LogP contribution is -2.17. The van der Waals surface area contributed by atoms with E-state index in [9.17, 15) is 0 Å². The molecule has 0 atom stereocenters. The molecule has 2 rings (SSSR count). The van der Waals surface area contributed by atoms with Crippen LogP contribution in [0.15, 0.2) is 41.0 Å². The molecule has 1 heterocycles. The molecule has 0 radical (unpaired) electrons. The lowest BCUT2D eigenvalue weighted by molar-refractivity contribution is 0.984. The maximum atomic E-state index is 5.92. The molecule has 0 saturated carbocycles. The van der Waals surface area contributed by atoms with E-state index in [2.05, 4.69) is 63.9 Å². The van der Waals surface area contributed by atoms with Crippen LogP contribution < -0.4 is 4.90 Å². The zero-order chi connectivity index (χ0) is 13.1. The summed E-state index contributed by atoms with van der Waals surface area (Å²) in [6, 6.07) is 10.3. The molecular formula is C14H14BrClN2. The number of nitrogens with zero attached hydrogens (tertiary/aromatic N) is 2. The van der Waals surface area contributed by atoms with Gasteiger partial charge in [-0.2, -0.15) is 0 Å². The largest absolute Gasteiger partial charge is 0.326 e. The van der Waals surface area contributed by atoms with Crippen LogP contribution in [0, 0.1) is 6.92 Å². The molecule has 0 fully saturated rings. The van der Waals surface area contributed by atoms with Crippen LogP contribution in [0.4, 0.5) is 11.5 Å². The Morgan fingerprint density at radius 2 is 1.94 bits per heavy atom. The smallest absolute Gasteiger partial charge is 0.147 e. The number of aromatic nitrogens is 1. The standard InChI is InChI=1S/C14H14BrClN2/c1-3-18(12-6-4-10(2)5-7-12)14-13(15)8-11(16)9-17-14/h4-9H,3H2,1-2H3. The molecule has 2 aromatic rings. The number of hydrogen-bond donors (Lipinski definition) is 0. The average Bonchev–Trinajstić information content (AvgIpc) is 2.35. The van der Waals surface area contributed by atoms with Gasteiger partial charge in [-0.1, -0.05) is 29.3 Å². The van der Waals surface area contributed by atoms with E-state index in [1.54, 1.807) is 6.20 Å². The minimum absolute atomic E-state index is 0.630. The first kappa shape index (κ1) is 13.4. The van der Waals surface area contributed by atoms with E-state index in [1.165, 1.54) is 5.56 Å². The maximum absolute atomic E-state index is 5.92. The van der Waals surface area contributed by atoms with E-state index in [4.69, 9.17) is 11.6 Å². The lowest BCUT2D eigenvalue weighted by Gasteiger charge is -2.23. The van der Waals surface area contributed by atoms with Crippen molar-refractivity contribution in [1.29, 1.82) is 0 Å². The Morgan fingerprint density at radius 1 is 1.28 bits per heavy atom. The van der Waals surface area contributed by atoms with E-state index in [0.29, 0.717) is 5.02 Å². The summed E-state index contributed by atoms with van der Waals surface area (Å²) in [5.41, 5.74) is 2.37. The van der Waals surface area contributed by atoms with Gasteiger partial charge < -0.3 is 4.90 Å². The molecule has 2 nitrogen and oxygen atoms in total. The molecule has 0 spiro atoms. The molecule has 0 aliphatic carbocycles. The van der Waals surface area contributed by atoms with Crippen LogP contribution in [0.2, 0.25) is 5.02 Å². The SMILES string of the molecule is CCN(c1ccc(C)cc1)c1ncc(Cl)cc1Br. The van der Waals surface area contributed by atoms with Crippen LogP contribution in [0.3, 0.4) is 0 Å². The van der Waals surface area contributed by atoms with Gasteiger partial charge in [-0.15, -0.1) is 0 Å². The predicted molar refractivity (Wildman–Crippen MR) is 80.8 cm³/mol. The van der Waals surface area contributed by atoms with Gasteiger partial charge in [-0.05, 0) is 48.0 Å². The van der Waals surface area contributed by atoms with Crippen LogP contribution in [0.5, 0.6) is 0 Å². The van der Waals surface area contributed by atoms with Gasteiger partial charge in [0.2, 0.25) is 0 Å². The fourth-order valence-corrected chi connectivity index (χ4v) is 2.64. The molecule has 4 heteroatoms. The summed E-state index contributed by atoms with van der Waals surface area (Å²) < 4.78 is 0.900.